The second-order valence-corrected chi connectivity index (χ2v) is 10.7. The minimum atomic E-state index is -1.01. The van der Waals surface area contributed by atoms with Crippen molar-refractivity contribution in [2.45, 2.75) is 64.1 Å². The number of hydrogen-bond acceptors (Lipinski definition) is 7. The van der Waals surface area contributed by atoms with Gasteiger partial charge in [-0.15, -0.1) is 5.10 Å². The number of amides is 2. The van der Waals surface area contributed by atoms with E-state index >= 15 is 0 Å². The number of para-hydroxylation sites is 1. The maximum Gasteiger partial charge on any atom is 0.338 e. The van der Waals surface area contributed by atoms with Crippen LogP contribution in [0.15, 0.2) is 72.8 Å². The van der Waals surface area contributed by atoms with Crippen LogP contribution in [0.4, 0.5) is 5.69 Å². The second-order valence-electron chi connectivity index (χ2n) is 10.7. The van der Waals surface area contributed by atoms with Gasteiger partial charge in [0, 0.05) is 11.7 Å². The first-order valence-corrected chi connectivity index (χ1v) is 14.8. The van der Waals surface area contributed by atoms with Crippen LogP contribution in [0.3, 0.4) is 0 Å². The van der Waals surface area contributed by atoms with Gasteiger partial charge in [-0.2, -0.15) is 0 Å². The number of rotatable bonds is 10. The van der Waals surface area contributed by atoms with E-state index in [-0.39, 0.29) is 24.5 Å². The molecule has 1 aliphatic carbocycles. The molecule has 0 saturated heterocycles. The lowest BCUT2D eigenvalue weighted by Gasteiger charge is -2.35. The summed E-state index contributed by atoms with van der Waals surface area (Å²) in [5.74, 6) is -0.472. The number of benzene rings is 3. The van der Waals surface area contributed by atoms with Crippen LogP contribution in [0.25, 0.3) is 11.0 Å². The van der Waals surface area contributed by atoms with Gasteiger partial charge in [-0.05, 0) is 80.8 Å². The summed E-state index contributed by atoms with van der Waals surface area (Å²) in [6.07, 6.45) is 5.03. The van der Waals surface area contributed by atoms with Crippen molar-refractivity contribution < 1.29 is 23.9 Å². The maximum absolute atomic E-state index is 14.6. The van der Waals surface area contributed by atoms with Crippen molar-refractivity contribution in [2.24, 2.45) is 0 Å². The van der Waals surface area contributed by atoms with Crippen LogP contribution in [0, 0.1) is 0 Å². The summed E-state index contributed by atoms with van der Waals surface area (Å²) in [5.41, 5.74) is 2.78. The number of aromatic nitrogens is 3. The van der Waals surface area contributed by atoms with E-state index in [1.165, 1.54) is 4.90 Å². The number of hydrogen-bond donors (Lipinski definition) is 1. The average molecular weight is 584 g/mol. The Kier molecular flexibility index (Phi) is 9.34. The second kappa shape index (κ2) is 13.5. The quantitative estimate of drug-likeness (QED) is 0.249. The van der Waals surface area contributed by atoms with Gasteiger partial charge in [0.25, 0.3) is 5.91 Å². The molecule has 10 nitrogen and oxygen atoms in total. The number of esters is 1. The number of nitrogens with one attached hydrogen (secondary N) is 1. The highest BCUT2D eigenvalue weighted by Crippen LogP contribution is 2.33. The molecular weight excluding hydrogens is 546 g/mol. The number of ether oxygens (including phenoxy) is 2. The Morgan fingerprint density at radius 2 is 1.67 bits per heavy atom. The molecular formula is C33H37N5O5. The van der Waals surface area contributed by atoms with Crippen LogP contribution < -0.4 is 15.0 Å². The predicted molar refractivity (Wildman–Crippen MR) is 163 cm³/mol. The van der Waals surface area contributed by atoms with Gasteiger partial charge >= 0.3 is 5.97 Å². The van der Waals surface area contributed by atoms with Crippen LogP contribution >= 0.6 is 0 Å². The van der Waals surface area contributed by atoms with Crippen molar-refractivity contribution in [3.8, 4) is 5.75 Å². The zero-order valence-electron chi connectivity index (χ0n) is 24.7. The molecule has 5 rings (SSSR count). The molecule has 0 bridgehead atoms. The Bertz CT molecular complexity index is 1560. The molecule has 2 amide bonds. The number of nitrogens with zero attached hydrogens (tertiary/aromatic N) is 4. The van der Waals surface area contributed by atoms with Crippen LogP contribution in [-0.2, 0) is 14.3 Å². The van der Waals surface area contributed by atoms with E-state index in [1.807, 2.05) is 24.3 Å². The van der Waals surface area contributed by atoms with E-state index in [0.717, 1.165) is 32.1 Å². The fourth-order valence-electron chi connectivity index (χ4n) is 5.59. The van der Waals surface area contributed by atoms with Crippen LogP contribution in [-0.4, -0.2) is 52.5 Å². The topological polar surface area (TPSA) is 116 Å². The van der Waals surface area contributed by atoms with E-state index < -0.39 is 18.1 Å². The van der Waals surface area contributed by atoms with Gasteiger partial charge in [0.1, 0.15) is 23.3 Å². The Morgan fingerprint density at radius 1 is 0.977 bits per heavy atom. The Balaban J connectivity index is 1.60. The lowest BCUT2D eigenvalue weighted by Crippen LogP contribution is -2.49. The molecule has 0 spiro atoms. The highest BCUT2D eigenvalue weighted by atomic mass is 16.5. The molecule has 0 radical (unpaired) electrons. The lowest BCUT2D eigenvalue weighted by atomic mass is 9.94. The van der Waals surface area contributed by atoms with E-state index in [0.29, 0.717) is 33.6 Å². The molecule has 10 heteroatoms. The van der Waals surface area contributed by atoms with Gasteiger partial charge in [0.05, 0.1) is 24.8 Å². The van der Waals surface area contributed by atoms with Gasteiger partial charge in [0.2, 0.25) is 5.91 Å². The highest BCUT2D eigenvalue weighted by molar-refractivity contribution is 6.03. The van der Waals surface area contributed by atoms with Crippen molar-refractivity contribution in [3.05, 3.63) is 83.9 Å². The molecule has 1 aromatic heterocycles. The molecule has 1 N–H and O–H groups in total. The Labute approximate surface area is 251 Å². The smallest absolute Gasteiger partial charge is 0.338 e. The minimum Gasteiger partial charge on any atom is -0.497 e. The molecule has 3 aromatic carbocycles. The van der Waals surface area contributed by atoms with Gasteiger partial charge in [-0.25, -0.2) is 9.48 Å². The standard InChI is InChI=1S/C33H37N5O5/c1-4-43-33(41)24-14-18-26(19-15-24)37(32(40)22(2)38-29-13-9-8-12-28(29)35-36-38)30(23-16-20-27(42-3)21-17-23)31(39)34-25-10-6-5-7-11-25/h8-9,12-22,25,30H,4-7,10-11H2,1-3H3,(H,34,39). The summed E-state index contributed by atoms with van der Waals surface area (Å²) in [4.78, 5) is 42.7. The highest BCUT2D eigenvalue weighted by Gasteiger charge is 2.37. The Hall–Kier alpha value is -4.73. The monoisotopic (exact) mass is 583 g/mol. The average Bonchev–Trinajstić information content (AvgIpc) is 3.48. The molecule has 1 fully saturated rings. The molecule has 2 unspecified atom stereocenters. The van der Waals surface area contributed by atoms with Gasteiger partial charge in [-0.3, -0.25) is 14.5 Å². The van der Waals surface area contributed by atoms with E-state index in [4.69, 9.17) is 9.47 Å². The van der Waals surface area contributed by atoms with Crippen molar-refractivity contribution in [2.75, 3.05) is 18.6 Å². The summed E-state index contributed by atoms with van der Waals surface area (Å²) in [6, 6.07) is 19.3. The lowest BCUT2D eigenvalue weighted by molar-refractivity contribution is -0.128. The van der Waals surface area contributed by atoms with E-state index in [2.05, 4.69) is 15.6 Å². The van der Waals surface area contributed by atoms with Gasteiger partial charge in [0.15, 0.2) is 0 Å². The van der Waals surface area contributed by atoms with Crippen LogP contribution in [0.1, 0.15) is 74.0 Å². The first-order valence-electron chi connectivity index (χ1n) is 14.8. The van der Waals surface area contributed by atoms with Crippen molar-refractivity contribution in [3.63, 3.8) is 0 Å². The summed E-state index contributed by atoms with van der Waals surface area (Å²) < 4.78 is 12.1. The summed E-state index contributed by atoms with van der Waals surface area (Å²) in [7, 11) is 1.58. The fraction of sp³-hybridized carbons (Fsp3) is 0.364. The third-order valence-electron chi connectivity index (χ3n) is 7.89. The first kappa shape index (κ1) is 29.8. The largest absolute Gasteiger partial charge is 0.497 e. The maximum atomic E-state index is 14.6. The van der Waals surface area contributed by atoms with Gasteiger partial charge in [-0.1, -0.05) is 48.7 Å². The number of carbonyl (C=O) groups is 3. The van der Waals surface area contributed by atoms with Crippen molar-refractivity contribution in [1.82, 2.24) is 20.3 Å². The third kappa shape index (κ3) is 6.53. The van der Waals surface area contributed by atoms with E-state index in [1.54, 1.807) is 74.2 Å². The SMILES string of the molecule is CCOC(=O)c1ccc(N(C(=O)C(C)n2nnc3ccccc32)C(C(=O)NC2CCCCC2)c2ccc(OC)cc2)cc1. The minimum absolute atomic E-state index is 0.0295. The molecule has 224 valence electrons. The Morgan fingerprint density at radius 3 is 2.35 bits per heavy atom. The van der Waals surface area contributed by atoms with Gasteiger partial charge < -0.3 is 14.8 Å². The predicted octanol–water partition coefficient (Wildman–Crippen LogP) is 5.40. The molecule has 1 saturated carbocycles. The van der Waals surface area contributed by atoms with Crippen LogP contribution in [0.2, 0.25) is 0 Å². The normalized spacial score (nSPS) is 15.0. The summed E-state index contributed by atoms with van der Waals surface area (Å²) in [5, 5.41) is 11.7. The fourth-order valence-corrected chi connectivity index (χ4v) is 5.59. The van der Waals surface area contributed by atoms with Crippen molar-refractivity contribution >= 4 is 34.5 Å². The summed E-state index contributed by atoms with van der Waals surface area (Å²) in [6.45, 7) is 3.73. The molecule has 43 heavy (non-hydrogen) atoms. The molecule has 4 aromatic rings. The number of carbonyl (C=O) groups excluding carboxylic acids is 3. The zero-order valence-corrected chi connectivity index (χ0v) is 24.7. The molecule has 1 aliphatic rings. The molecule has 2 atom stereocenters. The number of anilines is 1. The van der Waals surface area contributed by atoms with Crippen molar-refractivity contribution in [1.29, 1.82) is 0 Å². The number of methoxy groups -OCH3 is 1. The number of fused-ring (bicyclic) bond motifs is 1. The third-order valence-corrected chi connectivity index (χ3v) is 7.89. The molecule has 0 aliphatic heterocycles. The summed E-state index contributed by atoms with van der Waals surface area (Å²) >= 11 is 0. The zero-order chi connectivity index (χ0) is 30.3. The molecule has 1 heterocycles. The first-order chi connectivity index (χ1) is 20.9. The van der Waals surface area contributed by atoms with Crippen LogP contribution in [0.5, 0.6) is 5.75 Å². The van der Waals surface area contributed by atoms with E-state index in [9.17, 15) is 14.4 Å².